The summed E-state index contributed by atoms with van der Waals surface area (Å²) >= 11 is 3.35. The molecule has 5 heteroatoms. The maximum atomic E-state index is 12.1. The highest BCUT2D eigenvalue weighted by Gasteiger charge is 2.21. The van der Waals surface area contributed by atoms with Gasteiger partial charge >= 0.3 is 11.9 Å². The molecule has 0 heterocycles. The van der Waals surface area contributed by atoms with Gasteiger partial charge in [0.1, 0.15) is 0 Å². The summed E-state index contributed by atoms with van der Waals surface area (Å²) in [6, 6.07) is 3.23. The minimum absolute atomic E-state index is 0.220. The number of aryl methyl sites for hydroxylation is 1. The number of hydrogen-bond acceptors (Lipinski definition) is 4. The van der Waals surface area contributed by atoms with Crippen LogP contribution in [-0.4, -0.2) is 25.2 Å². The standard InChI is InChI=1S/C15H19BrO4/c1-5-19-14(17)12-7-13(16)10(4)6-11(12)15(18)20-8-9(2)3/h6-7,9H,5,8H2,1-4H3. The molecule has 0 N–H and O–H groups in total. The quantitative estimate of drug-likeness (QED) is 0.764. The fourth-order valence-corrected chi connectivity index (χ4v) is 1.89. The molecular weight excluding hydrogens is 324 g/mol. The van der Waals surface area contributed by atoms with Crippen LogP contribution >= 0.6 is 15.9 Å². The van der Waals surface area contributed by atoms with Crippen molar-refractivity contribution in [3.63, 3.8) is 0 Å². The van der Waals surface area contributed by atoms with Gasteiger partial charge in [0.25, 0.3) is 0 Å². The third-order valence-corrected chi connectivity index (χ3v) is 3.42. The molecule has 1 rings (SSSR count). The van der Waals surface area contributed by atoms with E-state index in [1.54, 1.807) is 19.1 Å². The van der Waals surface area contributed by atoms with Crippen LogP contribution in [0.25, 0.3) is 0 Å². The second kappa shape index (κ2) is 7.43. The molecule has 0 saturated heterocycles. The molecule has 1 aromatic carbocycles. The zero-order valence-corrected chi connectivity index (χ0v) is 13.7. The predicted octanol–water partition coefficient (Wildman–Crippen LogP) is 3.75. The molecule has 0 spiro atoms. The van der Waals surface area contributed by atoms with E-state index in [1.807, 2.05) is 20.8 Å². The van der Waals surface area contributed by atoms with Crippen LogP contribution < -0.4 is 0 Å². The van der Waals surface area contributed by atoms with E-state index >= 15 is 0 Å². The van der Waals surface area contributed by atoms with Crippen molar-refractivity contribution >= 4 is 27.9 Å². The molecule has 0 aromatic heterocycles. The van der Waals surface area contributed by atoms with Crippen molar-refractivity contribution < 1.29 is 19.1 Å². The first-order valence-electron chi connectivity index (χ1n) is 6.51. The zero-order valence-electron chi connectivity index (χ0n) is 12.2. The molecule has 0 saturated carbocycles. The highest BCUT2D eigenvalue weighted by Crippen LogP contribution is 2.23. The summed E-state index contributed by atoms with van der Waals surface area (Å²) in [6.07, 6.45) is 0. The van der Waals surface area contributed by atoms with E-state index in [9.17, 15) is 9.59 Å². The molecule has 0 radical (unpaired) electrons. The minimum Gasteiger partial charge on any atom is -0.462 e. The molecular formula is C15H19BrO4. The van der Waals surface area contributed by atoms with Gasteiger partial charge in [-0.2, -0.15) is 0 Å². The van der Waals surface area contributed by atoms with Crippen molar-refractivity contribution in [2.45, 2.75) is 27.7 Å². The van der Waals surface area contributed by atoms with Crippen molar-refractivity contribution in [1.82, 2.24) is 0 Å². The van der Waals surface area contributed by atoms with E-state index < -0.39 is 11.9 Å². The molecule has 20 heavy (non-hydrogen) atoms. The highest BCUT2D eigenvalue weighted by molar-refractivity contribution is 9.10. The maximum absolute atomic E-state index is 12.1. The summed E-state index contributed by atoms with van der Waals surface area (Å²) in [5, 5.41) is 0. The Morgan fingerprint density at radius 1 is 1.15 bits per heavy atom. The highest BCUT2D eigenvalue weighted by atomic mass is 79.9. The topological polar surface area (TPSA) is 52.6 Å². The van der Waals surface area contributed by atoms with Gasteiger partial charge in [0, 0.05) is 4.47 Å². The van der Waals surface area contributed by atoms with E-state index in [0.717, 1.165) is 10.0 Å². The molecule has 4 nitrogen and oxygen atoms in total. The van der Waals surface area contributed by atoms with Crippen molar-refractivity contribution in [3.8, 4) is 0 Å². The summed E-state index contributed by atoms with van der Waals surface area (Å²) in [4.78, 5) is 24.0. The summed E-state index contributed by atoms with van der Waals surface area (Å²) < 4.78 is 10.9. The van der Waals surface area contributed by atoms with E-state index in [4.69, 9.17) is 9.47 Å². The van der Waals surface area contributed by atoms with Gasteiger partial charge in [0.2, 0.25) is 0 Å². The Bertz CT molecular complexity index is 509. The third kappa shape index (κ3) is 4.34. The van der Waals surface area contributed by atoms with Crippen LogP contribution in [0.4, 0.5) is 0 Å². The van der Waals surface area contributed by atoms with Crippen LogP contribution in [0.3, 0.4) is 0 Å². The van der Waals surface area contributed by atoms with Crippen molar-refractivity contribution in [1.29, 1.82) is 0 Å². The van der Waals surface area contributed by atoms with Gasteiger partial charge < -0.3 is 9.47 Å². The Hall–Kier alpha value is -1.36. The first-order valence-corrected chi connectivity index (χ1v) is 7.30. The van der Waals surface area contributed by atoms with Gasteiger partial charge in [-0.25, -0.2) is 9.59 Å². The molecule has 0 fully saturated rings. The SMILES string of the molecule is CCOC(=O)c1cc(Br)c(C)cc1C(=O)OCC(C)C. The lowest BCUT2D eigenvalue weighted by Gasteiger charge is -2.12. The fraction of sp³-hybridized carbons (Fsp3) is 0.467. The summed E-state index contributed by atoms with van der Waals surface area (Å²) in [6.45, 7) is 8.04. The van der Waals surface area contributed by atoms with Gasteiger partial charge in [0.15, 0.2) is 0 Å². The van der Waals surface area contributed by atoms with Crippen LogP contribution in [0, 0.1) is 12.8 Å². The third-order valence-electron chi connectivity index (χ3n) is 2.56. The number of ether oxygens (including phenoxy) is 2. The second-order valence-corrected chi connectivity index (χ2v) is 5.71. The van der Waals surface area contributed by atoms with E-state index in [1.165, 1.54) is 0 Å². The zero-order chi connectivity index (χ0) is 15.3. The smallest absolute Gasteiger partial charge is 0.339 e. The lowest BCUT2D eigenvalue weighted by atomic mass is 10.0. The van der Waals surface area contributed by atoms with Crippen LogP contribution in [-0.2, 0) is 9.47 Å². The molecule has 0 amide bonds. The van der Waals surface area contributed by atoms with E-state index in [2.05, 4.69) is 15.9 Å². The van der Waals surface area contributed by atoms with Crippen LogP contribution in [0.2, 0.25) is 0 Å². The van der Waals surface area contributed by atoms with Crippen LogP contribution in [0.5, 0.6) is 0 Å². The Kier molecular flexibility index (Phi) is 6.20. The number of halogens is 1. The summed E-state index contributed by atoms with van der Waals surface area (Å²) in [7, 11) is 0. The van der Waals surface area contributed by atoms with Crippen molar-refractivity contribution in [2.75, 3.05) is 13.2 Å². The van der Waals surface area contributed by atoms with Gasteiger partial charge in [-0.3, -0.25) is 0 Å². The summed E-state index contributed by atoms with van der Waals surface area (Å²) in [5.41, 5.74) is 1.32. The maximum Gasteiger partial charge on any atom is 0.339 e. The molecule has 0 aliphatic carbocycles. The van der Waals surface area contributed by atoms with Gasteiger partial charge in [-0.1, -0.05) is 29.8 Å². The number of rotatable bonds is 5. The summed E-state index contributed by atoms with van der Waals surface area (Å²) in [5.74, 6) is -0.788. The van der Waals surface area contributed by atoms with Gasteiger partial charge in [0.05, 0.1) is 24.3 Å². The monoisotopic (exact) mass is 342 g/mol. The van der Waals surface area contributed by atoms with E-state index in [-0.39, 0.29) is 23.7 Å². The molecule has 0 unspecified atom stereocenters. The Balaban J connectivity index is 3.12. The molecule has 110 valence electrons. The average molecular weight is 343 g/mol. The molecule has 0 bridgehead atoms. The molecule has 1 aromatic rings. The van der Waals surface area contributed by atoms with Crippen molar-refractivity contribution in [3.05, 3.63) is 33.3 Å². The average Bonchev–Trinajstić information content (AvgIpc) is 2.38. The Morgan fingerprint density at radius 2 is 1.70 bits per heavy atom. The fourth-order valence-electron chi connectivity index (χ4n) is 1.55. The number of carbonyl (C=O) groups excluding carboxylic acids is 2. The van der Waals surface area contributed by atoms with Crippen molar-refractivity contribution in [2.24, 2.45) is 5.92 Å². The minimum atomic E-state index is -0.523. The molecule has 0 aliphatic heterocycles. The Labute approximate surface area is 127 Å². The first kappa shape index (κ1) is 16.7. The number of esters is 2. The van der Waals surface area contributed by atoms with Crippen LogP contribution in [0.15, 0.2) is 16.6 Å². The van der Waals surface area contributed by atoms with Crippen LogP contribution in [0.1, 0.15) is 47.1 Å². The van der Waals surface area contributed by atoms with E-state index in [0.29, 0.717) is 6.61 Å². The lowest BCUT2D eigenvalue weighted by Crippen LogP contribution is -2.16. The second-order valence-electron chi connectivity index (χ2n) is 4.86. The normalized spacial score (nSPS) is 10.5. The van der Waals surface area contributed by atoms with Gasteiger partial charge in [-0.15, -0.1) is 0 Å². The van der Waals surface area contributed by atoms with Gasteiger partial charge in [-0.05, 0) is 37.5 Å². The number of benzene rings is 1. The predicted molar refractivity (Wildman–Crippen MR) is 80.0 cm³/mol. The molecule has 0 atom stereocenters. The number of carbonyl (C=O) groups is 2. The lowest BCUT2D eigenvalue weighted by molar-refractivity contribution is 0.0434. The Morgan fingerprint density at radius 3 is 2.25 bits per heavy atom. The first-order chi connectivity index (χ1) is 9.36. The molecule has 0 aliphatic rings. The largest absolute Gasteiger partial charge is 0.462 e. The number of hydrogen-bond donors (Lipinski definition) is 0.